The van der Waals surface area contributed by atoms with Crippen molar-refractivity contribution in [2.75, 3.05) is 7.11 Å². The first-order valence-electron chi connectivity index (χ1n) is 8.47. The van der Waals surface area contributed by atoms with Gasteiger partial charge in [-0.05, 0) is 19.4 Å². The fourth-order valence-electron chi connectivity index (χ4n) is 3.26. The molecule has 132 valence electrons. The van der Waals surface area contributed by atoms with Gasteiger partial charge in [-0.25, -0.2) is 9.78 Å². The number of aromatic nitrogens is 2. The van der Waals surface area contributed by atoms with E-state index in [9.17, 15) is 9.59 Å². The van der Waals surface area contributed by atoms with Crippen molar-refractivity contribution in [2.45, 2.75) is 45.3 Å². The lowest BCUT2D eigenvalue weighted by atomic mass is 10.0. The van der Waals surface area contributed by atoms with Gasteiger partial charge in [0.2, 0.25) is 5.91 Å². The summed E-state index contributed by atoms with van der Waals surface area (Å²) in [4.78, 5) is 31.2. The van der Waals surface area contributed by atoms with E-state index in [1.165, 1.54) is 7.11 Å². The van der Waals surface area contributed by atoms with Gasteiger partial charge in [-0.1, -0.05) is 30.3 Å². The summed E-state index contributed by atoms with van der Waals surface area (Å²) in [7, 11) is 1.35. The molecule has 6 heteroatoms. The third-order valence-corrected chi connectivity index (χ3v) is 4.61. The predicted molar refractivity (Wildman–Crippen MR) is 92.8 cm³/mol. The maximum atomic E-state index is 12.9. The molecule has 1 aliphatic rings. The molecule has 0 aliphatic carbocycles. The van der Waals surface area contributed by atoms with E-state index < -0.39 is 12.0 Å². The lowest BCUT2D eigenvalue weighted by Crippen LogP contribution is -2.50. The molecule has 1 aromatic carbocycles. The standard InChI is InChI=1S/C19H23N3O3/c1-13(2)22-12-20-15-10-16(19(24)25-3)21(11-17(15)22)18(23)9-14-7-5-4-6-8-14/h4-8,12-13,16H,9-11H2,1-3H3. The Morgan fingerprint density at radius 3 is 2.64 bits per heavy atom. The lowest BCUT2D eigenvalue weighted by Gasteiger charge is -2.34. The normalized spacial score (nSPS) is 16.6. The average molecular weight is 341 g/mol. The van der Waals surface area contributed by atoms with E-state index in [4.69, 9.17) is 4.74 Å². The zero-order valence-electron chi connectivity index (χ0n) is 14.8. The molecule has 0 saturated carbocycles. The number of imidazole rings is 1. The summed E-state index contributed by atoms with van der Waals surface area (Å²) in [6.45, 7) is 4.52. The zero-order chi connectivity index (χ0) is 18.0. The van der Waals surface area contributed by atoms with E-state index in [-0.39, 0.29) is 18.4 Å². The van der Waals surface area contributed by atoms with Gasteiger partial charge >= 0.3 is 5.97 Å². The van der Waals surface area contributed by atoms with Crippen molar-refractivity contribution in [2.24, 2.45) is 0 Å². The highest BCUT2D eigenvalue weighted by Crippen LogP contribution is 2.26. The number of benzene rings is 1. The Morgan fingerprint density at radius 1 is 1.28 bits per heavy atom. The van der Waals surface area contributed by atoms with E-state index in [1.54, 1.807) is 11.2 Å². The van der Waals surface area contributed by atoms with Gasteiger partial charge in [-0.15, -0.1) is 0 Å². The van der Waals surface area contributed by atoms with Crippen LogP contribution in [0.25, 0.3) is 0 Å². The van der Waals surface area contributed by atoms with Crippen LogP contribution >= 0.6 is 0 Å². The van der Waals surface area contributed by atoms with Crippen LogP contribution < -0.4 is 0 Å². The highest BCUT2D eigenvalue weighted by atomic mass is 16.5. The monoisotopic (exact) mass is 341 g/mol. The molecule has 1 aliphatic heterocycles. The minimum Gasteiger partial charge on any atom is -0.467 e. The number of fused-ring (bicyclic) bond motifs is 1. The number of methoxy groups -OCH3 is 1. The van der Waals surface area contributed by atoms with Crippen molar-refractivity contribution in [3.63, 3.8) is 0 Å². The molecule has 1 unspecified atom stereocenters. The van der Waals surface area contributed by atoms with Gasteiger partial charge in [0.05, 0.1) is 37.8 Å². The van der Waals surface area contributed by atoms with E-state index in [2.05, 4.69) is 23.4 Å². The third-order valence-electron chi connectivity index (χ3n) is 4.61. The molecular formula is C19H23N3O3. The fourth-order valence-corrected chi connectivity index (χ4v) is 3.26. The number of rotatable bonds is 4. The van der Waals surface area contributed by atoms with Crippen LogP contribution in [-0.2, 0) is 33.7 Å². The molecule has 2 aromatic rings. The van der Waals surface area contributed by atoms with Crippen LogP contribution in [0.3, 0.4) is 0 Å². The van der Waals surface area contributed by atoms with E-state index in [0.717, 1.165) is 17.0 Å². The summed E-state index contributed by atoms with van der Waals surface area (Å²) >= 11 is 0. The Kier molecular flexibility index (Phi) is 4.88. The first-order chi connectivity index (χ1) is 12.0. The molecule has 1 amide bonds. The van der Waals surface area contributed by atoms with Gasteiger partial charge in [0.1, 0.15) is 6.04 Å². The Balaban J connectivity index is 1.89. The van der Waals surface area contributed by atoms with Crippen LogP contribution in [-0.4, -0.2) is 39.5 Å². The van der Waals surface area contributed by atoms with Crippen molar-refractivity contribution in [1.29, 1.82) is 0 Å². The van der Waals surface area contributed by atoms with Crippen LogP contribution in [0, 0.1) is 0 Å². The second-order valence-corrected chi connectivity index (χ2v) is 6.57. The van der Waals surface area contributed by atoms with Crippen LogP contribution in [0.4, 0.5) is 0 Å². The largest absolute Gasteiger partial charge is 0.467 e. The number of nitrogens with zero attached hydrogens (tertiary/aromatic N) is 3. The highest BCUT2D eigenvalue weighted by molar-refractivity contribution is 5.86. The first kappa shape index (κ1) is 17.2. The molecule has 3 rings (SSSR count). The molecule has 0 radical (unpaired) electrons. The molecule has 6 nitrogen and oxygen atoms in total. The molecule has 1 atom stereocenters. The fraction of sp³-hybridized carbons (Fsp3) is 0.421. The topological polar surface area (TPSA) is 64.4 Å². The van der Waals surface area contributed by atoms with E-state index >= 15 is 0 Å². The number of hydrogen-bond acceptors (Lipinski definition) is 4. The molecular weight excluding hydrogens is 318 g/mol. The molecule has 0 fully saturated rings. The number of hydrogen-bond donors (Lipinski definition) is 0. The van der Waals surface area contributed by atoms with E-state index in [1.807, 2.05) is 30.3 Å². The molecule has 0 bridgehead atoms. The van der Waals surface area contributed by atoms with Gasteiger partial charge in [0.15, 0.2) is 0 Å². The minimum atomic E-state index is -0.621. The smallest absolute Gasteiger partial charge is 0.329 e. The predicted octanol–water partition coefficient (Wildman–Crippen LogP) is 2.13. The summed E-state index contributed by atoms with van der Waals surface area (Å²) in [6.07, 6.45) is 2.44. The second kappa shape index (κ2) is 7.09. The summed E-state index contributed by atoms with van der Waals surface area (Å²) in [5, 5.41) is 0. The third kappa shape index (κ3) is 3.43. The zero-order valence-corrected chi connectivity index (χ0v) is 14.8. The number of carbonyl (C=O) groups is 2. The van der Waals surface area contributed by atoms with Crippen molar-refractivity contribution in [3.8, 4) is 0 Å². The Hall–Kier alpha value is -2.63. The lowest BCUT2D eigenvalue weighted by molar-refractivity contribution is -0.153. The van der Waals surface area contributed by atoms with Gasteiger partial charge < -0.3 is 14.2 Å². The van der Waals surface area contributed by atoms with Crippen molar-refractivity contribution in [3.05, 3.63) is 53.6 Å². The Morgan fingerprint density at radius 2 is 2.00 bits per heavy atom. The van der Waals surface area contributed by atoms with Crippen LogP contribution in [0.5, 0.6) is 0 Å². The maximum Gasteiger partial charge on any atom is 0.329 e. The van der Waals surface area contributed by atoms with Crippen LogP contribution in [0.1, 0.15) is 36.8 Å². The number of ether oxygens (including phenoxy) is 1. The summed E-state index contributed by atoms with van der Waals surface area (Å²) < 4.78 is 6.98. The number of carbonyl (C=O) groups excluding carboxylic acids is 2. The molecule has 2 heterocycles. The Labute approximate surface area is 147 Å². The Bertz CT molecular complexity index is 767. The van der Waals surface area contributed by atoms with Crippen molar-refractivity contribution < 1.29 is 14.3 Å². The van der Waals surface area contributed by atoms with Gasteiger partial charge in [0, 0.05) is 12.5 Å². The van der Waals surface area contributed by atoms with Crippen molar-refractivity contribution in [1.82, 2.24) is 14.5 Å². The molecule has 25 heavy (non-hydrogen) atoms. The van der Waals surface area contributed by atoms with Gasteiger partial charge in [-0.3, -0.25) is 4.79 Å². The summed E-state index contributed by atoms with van der Waals surface area (Å²) in [6, 6.07) is 9.18. The maximum absolute atomic E-state index is 12.9. The molecule has 0 N–H and O–H groups in total. The van der Waals surface area contributed by atoms with Crippen LogP contribution in [0.15, 0.2) is 36.7 Å². The highest BCUT2D eigenvalue weighted by Gasteiger charge is 2.37. The first-order valence-corrected chi connectivity index (χ1v) is 8.47. The number of esters is 1. The summed E-state index contributed by atoms with van der Waals surface area (Å²) in [5.74, 6) is -0.477. The number of amides is 1. The molecule has 0 saturated heterocycles. The van der Waals surface area contributed by atoms with Crippen molar-refractivity contribution >= 4 is 11.9 Å². The van der Waals surface area contributed by atoms with E-state index in [0.29, 0.717) is 13.0 Å². The van der Waals surface area contributed by atoms with Gasteiger partial charge in [-0.2, -0.15) is 0 Å². The van der Waals surface area contributed by atoms with Gasteiger partial charge in [0.25, 0.3) is 0 Å². The van der Waals surface area contributed by atoms with Crippen LogP contribution in [0.2, 0.25) is 0 Å². The SMILES string of the molecule is COC(=O)C1Cc2ncn(C(C)C)c2CN1C(=O)Cc1ccccc1. The quantitative estimate of drug-likeness (QED) is 0.799. The average Bonchev–Trinajstić information content (AvgIpc) is 3.04. The second-order valence-electron chi connectivity index (χ2n) is 6.57. The minimum absolute atomic E-state index is 0.0799. The molecule has 0 spiro atoms. The molecule has 1 aromatic heterocycles. The summed E-state index contributed by atoms with van der Waals surface area (Å²) in [5.41, 5.74) is 2.80.